The molecule has 0 spiro atoms. The molecule has 1 saturated heterocycles. The first kappa shape index (κ1) is 14.0. The van der Waals surface area contributed by atoms with Crippen molar-refractivity contribution in [1.29, 1.82) is 0 Å². The van der Waals surface area contributed by atoms with Crippen LogP contribution in [0.2, 0.25) is 0 Å². The number of likely N-dealkylation sites (tertiary alicyclic amines) is 1. The Morgan fingerprint density at radius 3 is 2.76 bits per heavy atom. The van der Waals surface area contributed by atoms with E-state index in [1.54, 1.807) is 4.90 Å². The van der Waals surface area contributed by atoms with E-state index < -0.39 is 0 Å². The predicted octanol–water partition coefficient (Wildman–Crippen LogP) is 0.241. The predicted molar refractivity (Wildman–Crippen MR) is 66.3 cm³/mol. The zero-order chi connectivity index (χ0) is 12.8. The van der Waals surface area contributed by atoms with Gasteiger partial charge in [0.25, 0.3) is 0 Å². The monoisotopic (exact) mass is 241 g/mol. The molecule has 1 aliphatic heterocycles. The number of nitrogens with one attached hydrogen (secondary N) is 1. The molecular formula is C12H23N3O2. The molecule has 1 fully saturated rings. The summed E-state index contributed by atoms with van der Waals surface area (Å²) in [7, 11) is 0. The maximum absolute atomic E-state index is 11.9. The molecule has 3 N–H and O–H groups in total. The van der Waals surface area contributed by atoms with Crippen molar-refractivity contribution in [2.75, 3.05) is 13.1 Å². The second kappa shape index (κ2) is 6.59. The molecule has 98 valence electrons. The lowest BCUT2D eigenvalue weighted by Gasteiger charge is -2.22. The molecule has 1 unspecified atom stereocenters. The normalized spacial score (nSPS) is 19.9. The van der Waals surface area contributed by atoms with Crippen LogP contribution in [0.5, 0.6) is 0 Å². The Morgan fingerprint density at radius 2 is 2.18 bits per heavy atom. The number of nitrogens with zero attached hydrogens (tertiary/aromatic N) is 1. The van der Waals surface area contributed by atoms with Gasteiger partial charge in [0.05, 0.1) is 0 Å². The summed E-state index contributed by atoms with van der Waals surface area (Å²) in [5.74, 6) is -0.326. The SMILES string of the molecule is CC(C)NCCCC(=O)N1CCCC1C(N)=O. The smallest absolute Gasteiger partial charge is 0.240 e. The van der Waals surface area contributed by atoms with Gasteiger partial charge in [-0.15, -0.1) is 0 Å². The van der Waals surface area contributed by atoms with Crippen LogP contribution in [-0.2, 0) is 9.59 Å². The van der Waals surface area contributed by atoms with Crippen molar-refractivity contribution in [2.24, 2.45) is 5.73 Å². The van der Waals surface area contributed by atoms with E-state index in [0.29, 0.717) is 25.4 Å². The summed E-state index contributed by atoms with van der Waals surface area (Å²) in [6, 6.07) is 0.0656. The first-order chi connectivity index (χ1) is 8.02. The molecule has 0 radical (unpaired) electrons. The second-order valence-corrected chi connectivity index (χ2v) is 4.86. The summed E-state index contributed by atoms with van der Waals surface area (Å²) in [5.41, 5.74) is 5.28. The molecule has 1 heterocycles. The molecule has 5 heteroatoms. The van der Waals surface area contributed by atoms with E-state index in [4.69, 9.17) is 5.73 Å². The highest BCUT2D eigenvalue weighted by Gasteiger charge is 2.31. The van der Waals surface area contributed by atoms with E-state index in [1.807, 2.05) is 0 Å². The van der Waals surface area contributed by atoms with Gasteiger partial charge in [0.2, 0.25) is 11.8 Å². The van der Waals surface area contributed by atoms with Crippen LogP contribution in [-0.4, -0.2) is 41.9 Å². The molecular weight excluding hydrogens is 218 g/mol. The number of nitrogens with two attached hydrogens (primary N) is 1. The summed E-state index contributed by atoms with van der Waals surface area (Å²) in [6.07, 6.45) is 2.89. The van der Waals surface area contributed by atoms with Crippen molar-refractivity contribution in [3.63, 3.8) is 0 Å². The third-order valence-electron chi connectivity index (χ3n) is 3.02. The molecule has 0 saturated carbocycles. The van der Waals surface area contributed by atoms with Gasteiger partial charge in [-0.25, -0.2) is 0 Å². The largest absolute Gasteiger partial charge is 0.368 e. The Morgan fingerprint density at radius 1 is 1.47 bits per heavy atom. The minimum absolute atomic E-state index is 0.0526. The first-order valence-corrected chi connectivity index (χ1v) is 6.34. The fourth-order valence-corrected chi connectivity index (χ4v) is 2.13. The fraction of sp³-hybridized carbons (Fsp3) is 0.833. The molecule has 5 nitrogen and oxygen atoms in total. The highest BCUT2D eigenvalue weighted by atomic mass is 16.2. The highest BCUT2D eigenvalue weighted by Crippen LogP contribution is 2.18. The van der Waals surface area contributed by atoms with Gasteiger partial charge in [-0.3, -0.25) is 9.59 Å². The van der Waals surface area contributed by atoms with Gasteiger partial charge in [0.1, 0.15) is 6.04 Å². The molecule has 0 aromatic carbocycles. The maximum atomic E-state index is 11.9. The van der Waals surface area contributed by atoms with Gasteiger partial charge in [-0.05, 0) is 25.8 Å². The number of carbonyl (C=O) groups excluding carboxylic acids is 2. The van der Waals surface area contributed by atoms with Crippen LogP contribution < -0.4 is 11.1 Å². The number of amides is 2. The van der Waals surface area contributed by atoms with Gasteiger partial charge < -0.3 is 16.0 Å². The van der Waals surface area contributed by atoms with Crippen LogP contribution in [0.25, 0.3) is 0 Å². The summed E-state index contributed by atoms with van der Waals surface area (Å²) >= 11 is 0. The highest BCUT2D eigenvalue weighted by molar-refractivity contribution is 5.87. The van der Waals surface area contributed by atoms with Crippen molar-refractivity contribution >= 4 is 11.8 Å². The maximum Gasteiger partial charge on any atom is 0.240 e. The fourth-order valence-electron chi connectivity index (χ4n) is 2.13. The van der Waals surface area contributed by atoms with Crippen LogP contribution in [0.1, 0.15) is 39.5 Å². The Hall–Kier alpha value is -1.10. The van der Waals surface area contributed by atoms with Crippen molar-refractivity contribution in [3.05, 3.63) is 0 Å². The van der Waals surface area contributed by atoms with Gasteiger partial charge >= 0.3 is 0 Å². The van der Waals surface area contributed by atoms with Crippen molar-refractivity contribution < 1.29 is 9.59 Å². The van der Waals surface area contributed by atoms with E-state index in [0.717, 1.165) is 19.4 Å². The molecule has 1 aliphatic rings. The van der Waals surface area contributed by atoms with Crippen LogP contribution in [0, 0.1) is 0 Å². The quantitative estimate of drug-likeness (QED) is 0.654. The first-order valence-electron chi connectivity index (χ1n) is 6.34. The Bertz CT molecular complexity index is 279. The Labute approximate surface area is 103 Å². The van der Waals surface area contributed by atoms with Gasteiger partial charge in [-0.1, -0.05) is 13.8 Å². The third kappa shape index (κ3) is 4.34. The van der Waals surface area contributed by atoms with Crippen molar-refractivity contribution in [2.45, 2.75) is 51.6 Å². The molecule has 2 amide bonds. The minimum atomic E-state index is -0.379. The van der Waals surface area contributed by atoms with E-state index in [2.05, 4.69) is 19.2 Å². The average molecular weight is 241 g/mol. The van der Waals surface area contributed by atoms with Gasteiger partial charge in [0, 0.05) is 19.0 Å². The minimum Gasteiger partial charge on any atom is -0.368 e. The van der Waals surface area contributed by atoms with Gasteiger partial charge in [0.15, 0.2) is 0 Å². The number of hydrogen-bond donors (Lipinski definition) is 2. The summed E-state index contributed by atoms with van der Waals surface area (Å²) < 4.78 is 0. The van der Waals surface area contributed by atoms with Crippen LogP contribution in [0.3, 0.4) is 0 Å². The molecule has 0 bridgehead atoms. The number of rotatable bonds is 6. The van der Waals surface area contributed by atoms with Crippen LogP contribution >= 0.6 is 0 Å². The Balaban J connectivity index is 2.29. The van der Waals surface area contributed by atoms with Crippen molar-refractivity contribution in [1.82, 2.24) is 10.2 Å². The zero-order valence-corrected chi connectivity index (χ0v) is 10.7. The molecule has 17 heavy (non-hydrogen) atoms. The lowest BCUT2D eigenvalue weighted by Crippen LogP contribution is -2.43. The Kier molecular flexibility index (Phi) is 5.41. The summed E-state index contributed by atoms with van der Waals surface area (Å²) in [6.45, 7) is 5.65. The molecule has 0 aromatic rings. The van der Waals surface area contributed by atoms with E-state index in [-0.39, 0.29) is 17.9 Å². The lowest BCUT2D eigenvalue weighted by molar-refractivity contribution is -0.137. The topological polar surface area (TPSA) is 75.4 Å². The standard InChI is InChI=1S/C12H23N3O2/c1-9(2)14-7-3-6-11(16)15-8-4-5-10(15)12(13)17/h9-10,14H,3-8H2,1-2H3,(H2,13,17). The van der Waals surface area contributed by atoms with Crippen LogP contribution in [0.15, 0.2) is 0 Å². The average Bonchev–Trinajstić information content (AvgIpc) is 2.72. The van der Waals surface area contributed by atoms with Gasteiger partial charge in [-0.2, -0.15) is 0 Å². The van der Waals surface area contributed by atoms with Crippen LogP contribution in [0.4, 0.5) is 0 Å². The third-order valence-corrected chi connectivity index (χ3v) is 3.02. The molecule has 0 aromatic heterocycles. The second-order valence-electron chi connectivity index (χ2n) is 4.86. The van der Waals surface area contributed by atoms with E-state index in [9.17, 15) is 9.59 Å². The number of hydrogen-bond acceptors (Lipinski definition) is 3. The number of primary amides is 1. The van der Waals surface area contributed by atoms with E-state index in [1.165, 1.54) is 0 Å². The summed E-state index contributed by atoms with van der Waals surface area (Å²) in [5, 5.41) is 3.26. The lowest BCUT2D eigenvalue weighted by atomic mass is 10.2. The molecule has 0 aliphatic carbocycles. The summed E-state index contributed by atoms with van der Waals surface area (Å²) in [4.78, 5) is 24.7. The number of carbonyl (C=O) groups is 2. The van der Waals surface area contributed by atoms with Crippen molar-refractivity contribution in [3.8, 4) is 0 Å². The van der Waals surface area contributed by atoms with E-state index >= 15 is 0 Å². The zero-order valence-electron chi connectivity index (χ0n) is 10.7. The molecule has 1 rings (SSSR count). The molecule has 1 atom stereocenters.